The summed E-state index contributed by atoms with van der Waals surface area (Å²) in [5.74, 6) is -0.949. The van der Waals surface area contributed by atoms with Crippen molar-refractivity contribution in [1.29, 1.82) is 0 Å². The average molecular weight is 246 g/mol. The monoisotopic (exact) mass is 246 g/mol. The Kier molecular flexibility index (Phi) is 3.46. The number of azo groups is 1. The highest BCUT2D eigenvalue weighted by atomic mass is 19.1. The third-order valence-electron chi connectivity index (χ3n) is 2.47. The van der Waals surface area contributed by atoms with Crippen molar-refractivity contribution in [3.8, 4) is 0 Å². The molecular formula is C14H12F2N2. The van der Waals surface area contributed by atoms with E-state index in [2.05, 4.69) is 10.2 Å². The number of hydrogen-bond acceptors (Lipinski definition) is 2. The maximum absolute atomic E-state index is 13.4. The summed E-state index contributed by atoms with van der Waals surface area (Å²) in [5, 5.41) is 7.50. The lowest BCUT2D eigenvalue weighted by Crippen LogP contribution is -1.79. The van der Waals surface area contributed by atoms with Gasteiger partial charge in [-0.15, -0.1) is 10.2 Å². The van der Waals surface area contributed by atoms with Crippen molar-refractivity contribution in [3.05, 3.63) is 59.2 Å². The SMILES string of the molecule is Cc1ccc(F)c(N=Nc2cc(C)ccc2F)c1. The molecule has 0 atom stereocenters. The van der Waals surface area contributed by atoms with Gasteiger partial charge in [-0.2, -0.15) is 0 Å². The van der Waals surface area contributed by atoms with Gasteiger partial charge in [0.2, 0.25) is 0 Å². The quantitative estimate of drug-likeness (QED) is 0.666. The van der Waals surface area contributed by atoms with Crippen LogP contribution in [-0.4, -0.2) is 0 Å². The minimum absolute atomic E-state index is 0.107. The van der Waals surface area contributed by atoms with E-state index in [9.17, 15) is 8.78 Å². The predicted molar refractivity (Wildman–Crippen MR) is 66.5 cm³/mol. The van der Waals surface area contributed by atoms with Gasteiger partial charge in [0.15, 0.2) is 11.6 Å². The molecule has 2 rings (SSSR count). The van der Waals surface area contributed by atoms with E-state index in [0.29, 0.717) is 0 Å². The van der Waals surface area contributed by atoms with Gasteiger partial charge in [0.1, 0.15) is 11.4 Å². The second-order valence-corrected chi connectivity index (χ2v) is 4.11. The van der Waals surface area contributed by atoms with Gasteiger partial charge in [0.05, 0.1) is 0 Å². The predicted octanol–water partition coefficient (Wildman–Crippen LogP) is 5.00. The van der Waals surface area contributed by atoms with Crippen LogP contribution in [0.3, 0.4) is 0 Å². The van der Waals surface area contributed by atoms with Crippen molar-refractivity contribution in [3.63, 3.8) is 0 Å². The zero-order valence-corrected chi connectivity index (χ0v) is 10.1. The average Bonchev–Trinajstić information content (AvgIpc) is 2.34. The standard InChI is InChI=1S/C14H12F2N2/c1-9-3-5-11(15)13(7-9)17-18-14-8-10(2)4-6-12(14)16/h3-8H,1-2H3. The summed E-state index contributed by atoms with van der Waals surface area (Å²) in [6.07, 6.45) is 0. The van der Waals surface area contributed by atoms with Crippen molar-refractivity contribution in [2.75, 3.05) is 0 Å². The van der Waals surface area contributed by atoms with E-state index in [-0.39, 0.29) is 11.4 Å². The normalized spacial score (nSPS) is 11.1. The van der Waals surface area contributed by atoms with Gasteiger partial charge in [-0.05, 0) is 49.2 Å². The fourth-order valence-electron chi connectivity index (χ4n) is 1.51. The summed E-state index contributed by atoms with van der Waals surface area (Å²) in [6, 6.07) is 9.04. The van der Waals surface area contributed by atoms with E-state index in [0.717, 1.165) is 11.1 Å². The number of aryl methyl sites for hydroxylation is 2. The van der Waals surface area contributed by atoms with Crippen LogP contribution in [0.25, 0.3) is 0 Å². The number of rotatable bonds is 2. The number of halogens is 2. The van der Waals surface area contributed by atoms with Crippen LogP contribution in [0.2, 0.25) is 0 Å². The molecule has 92 valence electrons. The minimum atomic E-state index is -0.475. The van der Waals surface area contributed by atoms with Crippen molar-refractivity contribution < 1.29 is 8.78 Å². The molecule has 0 spiro atoms. The van der Waals surface area contributed by atoms with Gasteiger partial charge in [-0.25, -0.2) is 8.78 Å². The highest BCUT2D eigenvalue weighted by Gasteiger charge is 2.03. The van der Waals surface area contributed by atoms with Crippen LogP contribution in [0.15, 0.2) is 46.6 Å². The molecule has 0 saturated heterocycles. The Morgan fingerprint density at radius 2 is 1.11 bits per heavy atom. The van der Waals surface area contributed by atoms with Crippen LogP contribution in [-0.2, 0) is 0 Å². The zero-order chi connectivity index (χ0) is 13.1. The molecule has 2 aromatic carbocycles. The van der Waals surface area contributed by atoms with Crippen LogP contribution < -0.4 is 0 Å². The number of benzene rings is 2. The molecule has 0 N–H and O–H groups in total. The first-order chi connectivity index (χ1) is 8.56. The summed E-state index contributed by atoms with van der Waals surface area (Å²) in [4.78, 5) is 0. The molecule has 0 heterocycles. The lowest BCUT2D eigenvalue weighted by atomic mass is 10.2. The largest absolute Gasteiger partial charge is 0.205 e. The van der Waals surface area contributed by atoms with Crippen molar-refractivity contribution in [2.45, 2.75) is 13.8 Å². The van der Waals surface area contributed by atoms with Crippen LogP contribution in [0, 0.1) is 25.5 Å². The van der Waals surface area contributed by atoms with Gasteiger partial charge in [0, 0.05) is 0 Å². The summed E-state index contributed by atoms with van der Waals surface area (Å²) in [7, 11) is 0. The van der Waals surface area contributed by atoms with Crippen LogP contribution >= 0.6 is 0 Å². The molecule has 0 aliphatic carbocycles. The van der Waals surface area contributed by atoms with Crippen LogP contribution in [0.4, 0.5) is 20.2 Å². The van der Waals surface area contributed by atoms with E-state index in [1.54, 1.807) is 24.3 Å². The molecule has 4 heteroatoms. The van der Waals surface area contributed by atoms with Crippen LogP contribution in [0.1, 0.15) is 11.1 Å². The van der Waals surface area contributed by atoms with Crippen molar-refractivity contribution in [1.82, 2.24) is 0 Å². The highest BCUT2D eigenvalue weighted by Crippen LogP contribution is 2.24. The molecule has 0 aliphatic heterocycles. The lowest BCUT2D eigenvalue weighted by Gasteiger charge is -1.99. The molecule has 0 bridgehead atoms. The van der Waals surface area contributed by atoms with E-state index in [4.69, 9.17) is 0 Å². The molecule has 2 aromatic rings. The summed E-state index contributed by atoms with van der Waals surface area (Å²) >= 11 is 0. The third-order valence-corrected chi connectivity index (χ3v) is 2.47. The van der Waals surface area contributed by atoms with Gasteiger partial charge in [-0.1, -0.05) is 12.1 Å². The van der Waals surface area contributed by atoms with Gasteiger partial charge < -0.3 is 0 Å². The smallest absolute Gasteiger partial charge is 0.150 e. The Balaban J connectivity index is 2.35. The number of hydrogen-bond donors (Lipinski definition) is 0. The summed E-state index contributed by atoms with van der Waals surface area (Å²) in [6.45, 7) is 3.65. The Labute approximate surface area is 104 Å². The molecule has 0 unspecified atom stereocenters. The fourth-order valence-corrected chi connectivity index (χ4v) is 1.51. The maximum Gasteiger partial charge on any atom is 0.150 e. The van der Waals surface area contributed by atoms with Gasteiger partial charge in [0.25, 0.3) is 0 Å². The number of nitrogens with zero attached hydrogens (tertiary/aromatic N) is 2. The first-order valence-electron chi connectivity index (χ1n) is 5.50. The second kappa shape index (κ2) is 5.04. The van der Waals surface area contributed by atoms with E-state index in [1.165, 1.54) is 12.1 Å². The van der Waals surface area contributed by atoms with Gasteiger partial charge in [-0.3, -0.25) is 0 Å². The minimum Gasteiger partial charge on any atom is -0.205 e. The second-order valence-electron chi connectivity index (χ2n) is 4.11. The molecule has 0 aliphatic rings. The molecule has 2 nitrogen and oxygen atoms in total. The zero-order valence-electron chi connectivity index (χ0n) is 10.1. The van der Waals surface area contributed by atoms with Gasteiger partial charge >= 0.3 is 0 Å². The molecular weight excluding hydrogens is 234 g/mol. The first kappa shape index (κ1) is 12.4. The molecule has 18 heavy (non-hydrogen) atoms. The lowest BCUT2D eigenvalue weighted by molar-refractivity contribution is 0.623. The molecule has 0 radical (unpaired) electrons. The fraction of sp³-hybridized carbons (Fsp3) is 0.143. The first-order valence-corrected chi connectivity index (χ1v) is 5.50. The van der Waals surface area contributed by atoms with Crippen molar-refractivity contribution >= 4 is 11.4 Å². The summed E-state index contributed by atoms with van der Waals surface area (Å²) < 4.78 is 26.8. The Hall–Kier alpha value is -2.10. The van der Waals surface area contributed by atoms with Crippen molar-refractivity contribution in [2.24, 2.45) is 10.2 Å². The van der Waals surface area contributed by atoms with E-state index < -0.39 is 11.6 Å². The Morgan fingerprint density at radius 1 is 0.722 bits per heavy atom. The highest BCUT2D eigenvalue weighted by molar-refractivity contribution is 5.44. The maximum atomic E-state index is 13.4. The van der Waals surface area contributed by atoms with E-state index in [1.807, 2.05) is 13.8 Å². The third kappa shape index (κ3) is 2.77. The Bertz CT molecular complexity index is 553. The molecule has 0 saturated carbocycles. The molecule has 0 aromatic heterocycles. The topological polar surface area (TPSA) is 24.7 Å². The summed E-state index contributed by atoms with van der Waals surface area (Å²) in [5.41, 5.74) is 1.96. The Morgan fingerprint density at radius 3 is 1.50 bits per heavy atom. The van der Waals surface area contributed by atoms with E-state index >= 15 is 0 Å². The van der Waals surface area contributed by atoms with Crippen LogP contribution in [0.5, 0.6) is 0 Å². The molecule has 0 amide bonds. The molecule has 0 fully saturated rings.